The molecule has 1 aliphatic rings. The Bertz CT molecular complexity index is 964. The molecule has 2 aromatic carbocycles. The van der Waals surface area contributed by atoms with Gasteiger partial charge in [-0.25, -0.2) is 0 Å². The van der Waals surface area contributed by atoms with E-state index in [-0.39, 0.29) is 12.0 Å². The number of aromatic nitrogens is 2. The van der Waals surface area contributed by atoms with Crippen molar-refractivity contribution in [3.63, 3.8) is 0 Å². The molecule has 0 aliphatic carbocycles. The molecule has 28 heavy (non-hydrogen) atoms. The highest BCUT2D eigenvalue weighted by Gasteiger charge is 2.20. The number of methoxy groups -OCH3 is 1. The van der Waals surface area contributed by atoms with Gasteiger partial charge in [-0.1, -0.05) is 29.4 Å². The van der Waals surface area contributed by atoms with E-state index in [1.54, 1.807) is 19.2 Å². The van der Waals surface area contributed by atoms with E-state index < -0.39 is 0 Å². The summed E-state index contributed by atoms with van der Waals surface area (Å²) in [6, 6.07) is 14.6. The van der Waals surface area contributed by atoms with Crippen LogP contribution in [-0.4, -0.2) is 42.4 Å². The number of nitrogens with one attached hydrogen (secondary N) is 1. The number of carbonyl (C=O) groups is 1. The fourth-order valence-electron chi connectivity index (χ4n) is 3.19. The predicted molar refractivity (Wildman–Crippen MR) is 103 cm³/mol. The predicted octanol–water partition coefficient (Wildman–Crippen LogP) is 3.32. The zero-order valence-electron chi connectivity index (χ0n) is 15.6. The van der Waals surface area contributed by atoms with Gasteiger partial charge < -0.3 is 19.3 Å². The molecule has 1 fully saturated rings. The molecule has 1 atom stereocenters. The van der Waals surface area contributed by atoms with Crippen LogP contribution in [0.1, 0.15) is 23.2 Å². The van der Waals surface area contributed by atoms with Crippen LogP contribution in [0.5, 0.6) is 5.75 Å². The van der Waals surface area contributed by atoms with E-state index >= 15 is 0 Å². The maximum absolute atomic E-state index is 12.7. The Kier molecular flexibility index (Phi) is 5.34. The molecule has 1 aromatic heterocycles. The number of hydrogen-bond donors (Lipinski definition) is 1. The molecule has 0 radical (unpaired) electrons. The van der Waals surface area contributed by atoms with Crippen molar-refractivity contribution in [3.05, 3.63) is 54.1 Å². The number of ether oxygens (including phenoxy) is 2. The van der Waals surface area contributed by atoms with Crippen molar-refractivity contribution in [3.8, 4) is 28.6 Å². The average molecular weight is 379 g/mol. The highest BCUT2D eigenvalue weighted by molar-refractivity contribution is 6.00. The van der Waals surface area contributed by atoms with E-state index in [0.29, 0.717) is 35.1 Å². The maximum Gasteiger partial charge on any atom is 0.259 e. The van der Waals surface area contributed by atoms with E-state index in [0.717, 1.165) is 25.0 Å². The molecule has 0 saturated carbocycles. The fourth-order valence-corrected chi connectivity index (χ4v) is 3.19. The van der Waals surface area contributed by atoms with Gasteiger partial charge in [0.05, 0.1) is 24.3 Å². The molecule has 1 amide bonds. The first-order valence-electron chi connectivity index (χ1n) is 9.22. The summed E-state index contributed by atoms with van der Waals surface area (Å²) in [6.07, 6.45) is 2.08. The van der Waals surface area contributed by atoms with Gasteiger partial charge in [-0.3, -0.25) is 4.79 Å². The van der Waals surface area contributed by atoms with E-state index in [2.05, 4.69) is 15.5 Å². The van der Waals surface area contributed by atoms with E-state index in [9.17, 15) is 4.79 Å². The van der Waals surface area contributed by atoms with Crippen LogP contribution in [0.4, 0.5) is 0 Å². The molecule has 0 bridgehead atoms. The number of nitrogens with zero attached hydrogens (tertiary/aromatic N) is 2. The summed E-state index contributed by atoms with van der Waals surface area (Å²) in [7, 11) is 1.60. The third kappa shape index (κ3) is 3.89. The van der Waals surface area contributed by atoms with E-state index in [4.69, 9.17) is 14.0 Å². The van der Waals surface area contributed by atoms with Crippen molar-refractivity contribution in [1.29, 1.82) is 0 Å². The zero-order chi connectivity index (χ0) is 19.3. The Labute approximate surface area is 162 Å². The number of amides is 1. The molecular weight excluding hydrogens is 358 g/mol. The van der Waals surface area contributed by atoms with Gasteiger partial charge in [-0.05, 0) is 37.1 Å². The highest BCUT2D eigenvalue weighted by atomic mass is 16.5. The summed E-state index contributed by atoms with van der Waals surface area (Å²) in [5.41, 5.74) is 1.85. The van der Waals surface area contributed by atoms with Gasteiger partial charge in [-0.15, -0.1) is 0 Å². The van der Waals surface area contributed by atoms with Crippen molar-refractivity contribution in [1.82, 2.24) is 15.5 Å². The first-order valence-corrected chi connectivity index (χ1v) is 9.22. The molecule has 7 heteroatoms. The molecular formula is C21H21N3O4. The summed E-state index contributed by atoms with van der Waals surface area (Å²) in [5, 5.41) is 6.99. The van der Waals surface area contributed by atoms with Crippen molar-refractivity contribution >= 4 is 5.91 Å². The van der Waals surface area contributed by atoms with Gasteiger partial charge in [-0.2, -0.15) is 4.98 Å². The highest BCUT2D eigenvalue weighted by Crippen LogP contribution is 2.27. The Morgan fingerprint density at radius 1 is 1.25 bits per heavy atom. The summed E-state index contributed by atoms with van der Waals surface area (Å²) in [4.78, 5) is 17.2. The number of benzene rings is 2. The van der Waals surface area contributed by atoms with Crippen LogP contribution in [0.25, 0.3) is 22.8 Å². The summed E-state index contributed by atoms with van der Waals surface area (Å²) in [6.45, 7) is 1.25. The SMILES string of the molecule is COc1cccc(-c2noc(-c3ccccc3C(=O)NCC3CCCO3)n2)c1. The van der Waals surface area contributed by atoms with Crippen molar-refractivity contribution in [2.45, 2.75) is 18.9 Å². The lowest BCUT2D eigenvalue weighted by molar-refractivity contribution is 0.0858. The molecule has 7 nitrogen and oxygen atoms in total. The van der Waals surface area contributed by atoms with Crippen LogP contribution in [-0.2, 0) is 4.74 Å². The fraction of sp³-hybridized carbons (Fsp3) is 0.286. The lowest BCUT2D eigenvalue weighted by atomic mass is 10.1. The molecule has 1 saturated heterocycles. The monoisotopic (exact) mass is 379 g/mol. The second-order valence-corrected chi connectivity index (χ2v) is 6.55. The minimum Gasteiger partial charge on any atom is -0.497 e. The minimum absolute atomic E-state index is 0.0826. The Hall–Kier alpha value is -3.19. The topological polar surface area (TPSA) is 86.5 Å². The molecule has 1 N–H and O–H groups in total. The van der Waals surface area contributed by atoms with Crippen molar-refractivity contribution in [2.24, 2.45) is 0 Å². The molecule has 3 aromatic rings. The van der Waals surface area contributed by atoms with Gasteiger partial charge in [0.25, 0.3) is 11.8 Å². The van der Waals surface area contributed by atoms with E-state index in [1.807, 2.05) is 36.4 Å². The van der Waals surface area contributed by atoms with Gasteiger partial charge in [0.1, 0.15) is 5.75 Å². The van der Waals surface area contributed by atoms with Gasteiger partial charge in [0, 0.05) is 18.7 Å². The van der Waals surface area contributed by atoms with Crippen LogP contribution in [0, 0.1) is 0 Å². The number of rotatable bonds is 6. The molecule has 1 aliphatic heterocycles. The molecule has 0 spiro atoms. The number of carbonyl (C=O) groups excluding carboxylic acids is 1. The minimum atomic E-state index is -0.188. The van der Waals surface area contributed by atoms with Crippen molar-refractivity contribution in [2.75, 3.05) is 20.3 Å². The molecule has 144 valence electrons. The lowest BCUT2D eigenvalue weighted by Crippen LogP contribution is -2.32. The van der Waals surface area contributed by atoms with Crippen LogP contribution in [0.2, 0.25) is 0 Å². The van der Waals surface area contributed by atoms with Gasteiger partial charge in [0.2, 0.25) is 5.82 Å². The average Bonchev–Trinajstić information content (AvgIpc) is 3.44. The summed E-state index contributed by atoms with van der Waals surface area (Å²) >= 11 is 0. The number of hydrogen-bond acceptors (Lipinski definition) is 6. The molecule has 1 unspecified atom stereocenters. The maximum atomic E-state index is 12.7. The Morgan fingerprint density at radius 3 is 2.96 bits per heavy atom. The van der Waals surface area contributed by atoms with Gasteiger partial charge >= 0.3 is 0 Å². The van der Waals surface area contributed by atoms with Crippen LogP contribution in [0.3, 0.4) is 0 Å². The first-order chi connectivity index (χ1) is 13.7. The largest absolute Gasteiger partial charge is 0.497 e. The molecule has 4 rings (SSSR count). The lowest BCUT2D eigenvalue weighted by Gasteiger charge is -2.11. The second-order valence-electron chi connectivity index (χ2n) is 6.55. The van der Waals surface area contributed by atoms with Gasteiger partial charge in [0.15, 0.2) is 0 Å². The summed E-state index contributed by atoms with van der Waals surface area (Å²) in [5.74, 6) is 1.24. The third-order valence-corrected chi connectivity index (χ3v) is 4.67. The smallest absolute Gasteiger partial charge is 0.259 e. The molecule has 2 heterocycles. The van der Waals surface area contributed by atoms with Crippen molar-refractivity contribution < 1.29 is 18.8 Å². The third-order valence-electron chi connectivity index (χ3n) is 4.67. The first kappa shape index (κ1) is 18.2. The van der Waals surface area contributed by atoms with E-state index in [1.165, 1.54) is 0 Å². The second kappa shape index (κ2) is 8.22. The van der Waals surface area contributed by atoms with Crippen LogP contribution in [0.15, 0.2) is 53.1 Å². The summed E-state index contributed by atoms with van der Waals surface area (Å²) < 4.78 is 16.2. The Morgan fingerprint density at radius 2 is 2.14 bits per heavy atom. The quantitative estimate of drug-likeness (QED) is 0.707. The standard InChI is InChI=1S/C21H21N3O4/c1-26-15-7-4-6-14(12-15)19-23-21(28-24-19)18-10-3-2-9-17(18)20(25)22-13-16-8-5-11-27-16/h2-4,6-7,9-10,12,16H,5,8,11,13H2,1H3,(H,22,25). The Balaban J connectivity index is 1.56. The van der Waals surface area contributed by atoms with Crippen LogP contribution < -0.4 is 10.1 Å². The normalized spacial score (nSPS) is 16.1. The van der Waals surface area contributed by atoms with Crippen LogP contribution >= 0.6 is 0 Å². The zero-order valence-corrected chi connectivity index (χ0v) is 15.6.